The summed E-state index contributed by atoms with van der Waals surface area (Å²) >= 11 is 0. The fourth-order valence-electron chi connectivity index (χ4n) is 2.88. The third-order valence-corrected chi connectivity index (χ3v) is 4.47. The van der Waals surface area contributed by atoms with Gasteiger partial charge in [0.25, 0.3) is 0 Å². The Morgan fingerprint density at radius 3 is 2.85 bits per heavy atom. The predicted octanol–water partition coefficient (Wildman–Crippen LogP) is 3.53. The van der Waals surface area contributed by atoms with E-state index in [2.05, 4.69) is 41.4 Å². The third kappa shape index (κ3) is 3.77. The molecule has 0 radical (unpaired) electrons. The zero-order chi connectivity index (χ0) is 18.5. The van der Waals surface area contributed by atoms with Gasteiger partial charge in [-0.15, -0.1) is 0 Å². The molecule has 1 N–H and O–H groups in total. The second kappa shape index (κ2) is 7.87. The highest BCUT2D eigenvalue weighted by Gasteiger charge is 2.11. The molecule has 134 valence electrons. The van der Waals surface area contributed by atoms with Crippen molar-refractivity contribution in [3.05, 3.63) is 72.1 Å². The van der Waals surface area contributed by atoms with Crippen LogP contribution in [0.5, 0.6) is 5.75 Å². The van der Waals surface area contributed by atoms with Gasteiger partial charge < -0.3 is 14.6 Å². The zero-order valence-corrected chi connectivity index (χ0v) is 15.2. The number of hydrogen-bond acceptors (Lipinski definition) is 3. The van der Waals surface area contributed by atoms with Crippen LogP contribution in [0.25, 0.3) is 11.0 Å². The van der Waals surface area contributed by atoms with E-state index in [4.69, 9.17) is 4.74 Å². The molecule has 1 heterocycles. The number of amides is 1. The van der Waals surface area contributed by atoms with Gasteiger partial charge in [-0.2, -0.15) is 0 Å². The summed E-state index contributed by atoms with van der Waals surface area (Å²) in [4.78, 5) is 16.1. The maximum Gasteiger partial charge on any atom is 0.243 e. The Labute approximate surface area is 153 Å². The molecule has 0 saturated carbocycles. The Bertz CT molecular complexity index is 944. The van der Waals surface area contributed by atoms with Crippen LogP contribution in [0.15, 0.2) is 55.1 Å². The lowest BCUT2D eigenvalue weighted by atomic mass is 10.1. The number of nitrogens with zero attached hydrogens (tertiary/aromatic N) is 2. The van der Waals surface area contributed by atoms with Gasteiger partial charge >= 0.3 is 0 Å². The number of carbonyl (C=O) groups is 1. The first kappa shape index (κ1) is 17.7. The molecule has 3 rings (SSSR count). The van der Waals surface area contributed by atoms with Crippen molar-refractivity contribution in [1.29, 1.82) is 0 Å². The predicted molar refractivity (Wildman–Crippen MR) is 103 cm³/mol. The number of fused-ring (bicyclic) bond motifs is 1. The van der Waals surface area contributed by atoms with Gasteiger partial charge in [0.2, 0.25) is 5.91 Å². The minimum Gasteiger partial charge on any atom is -0.491 e. The van der Waals surface area contributed by atoms with Gasteiger partial charge in [0.1, 0.15) is 18.2 Å². The number of aryl methyl sites for hydroxylation is 1. The lowest BCUT2D eigenvalue weighted by Gasteiger charge is -2.13. The first-order valence-corrected chi connectivity index (χ1v) is 8.63. The molecule has 0 aliphatic rings. The van der Waals surface area contributed by atoms with Crippen LogP contribution in [0.2, 0.25) is 0 Å². The average molecular weight is 349 g/mol. The molecule has 0 aliphatic heterocycles. The molecule has 26 heavy (non-hydrogen) atoms. The summed E-state index contributed by atoms with van der Waals surface area (Å²) in [6.07, 6.45) is 1.26. The van der Waals surface area contributed by atoms with Gasteiger partial charge in [-0.05, 0) is 49.2 Å². The summed E-state index contributed by atoms with van der Waals surface area (Å²) < 4.78 is 8.08. The number of aromatic nitrogens is 2. The Balaban J connectivity index is 1.78. The standard InChI is InChI=1S/C21H23N3O2/c1-4-21(25)22-14-20-23-17-9-5-6-10-18(17)24(20)12-13-26-19-11-7-8-15(2)16(19)3/h4-11H,1,12-14H2,2-3H3,(H,22,25). The van der Waals surface area contributed by atoms with Gasteiger partial charge in [0, 0.05) is 0 Å². The van der Waals surface area contributed by atoms with Crippen molar-refractivity contribution in [2.45, 2.75) is 26.9 Å². The topological polar surface area (TPSA) is 56.2 Å². The summed E-state index contributed by atoms with van der Waals surface area (Å²) in [5.41, 5.74) is 4.30. The number of imidazole rings is 1. The first-order chi connectivity index (χ1) is 12.6. The molecule has 1 amide bonds. The van der Waals surface area contributed by atoms with E-state index in [0.29, 0.717) is 19.7 Å². The SMILES string of the molecule is C=CC(=O)NCc1nc2ccccc2n1CCOc1cccc(C)c1C. The second-order valence-corrected chi connectivity index (χ2v) is 6.14. The van der Waals surface area contributed by atoms with Crippen LogP contribution in [-0.4, -0.2) is 22.1 Å². The minimum atomic E-state index is -0.213. The molecule has 5 nitrogen and oxygen atoms in total. The summed E-state index contributed by atoms with van der Waals surface area (Å²) in [5.74, 6) is 1.48. The van der Waals surface area contributed by atoms with Crippen molar-refractivity contribution in [3.8, 4) is 5.75 Å². The highest BCUT2D eigenvalue weighted by molar-refractivity contribution is 5.86. The number of nitrogens with one attached hydrogen (secondary N) is 1. The second-order valence-electron chi connectivity index (χ2n) is 6.14. The molecule has 0 fully saturated rings. The summed E-state index contributed by atoms with van der Waals surface area (Å²) in [6, 6.07) is 14.0. The largest absolute Gasteiger partial charge is 0.491 e. The van der Waals surface area contributed by atoms with Crippen LogP contribution in [-0.2, 0) is 17.9 Å². The quantitative estimate of drug-likeness (QED) is 0.664. The molecule has 1 aromatic heterocycles. The van der Waals surface area contributed by atoms with Crippen LogP contribution in [0.3, 0.4) is 0 Å². The smallest absolute Gasteiger partial charge is 0.243 e. The fourth-order valence-corrected chi connectivity index (χ4v) is 2.88. The van der Waals surface area contributed by atoms with Crippen LogP contribution in [0, 0.1) is 13.8 Å². The number of carbonyl (C=O) groups excluding carboxylic acids is 1. The average Bonchev–Trinajstić information content (AvgIpc) is 3.01. The van der Waals surface area contributed by atoms with Crippen molar-refractivity contribution < 1.29 is 9.53 Å². The molecule has 0 saturated heterocycles. The molecule has 0 atom stereocenters. The zero-order valence-electron chi connectivity index (χ0n) is 15.2. The van der Waals surface area contributed by atoms with Crippen LogP contribution >= 0.6 is 0 Å². The fraction of sp³-hybridized carbons (Fsp3) is 0.238. The normalized spacial score (nSPS) is 10.7. The van der Waals surface area contributed by atoms with Crippen LogP contribution in [0.4, 0.5) is 0 Å². The number of para-hydroxylation sites is 2. The molecule has 2 aromatic carbocycles. The van der Waals surface area contributed by atoms with Gasteiger partial charge in [0.15, 0.2) is 0 Å². The number of rotatable bonds is 7. The number of ether oxygens (including phenoxy) is 1. The van der Waals surface area contributed by atoms with Gasteiger partial charge in [0.05, 0.1) is 24.1 Å². The highest BCUT2D eigenvalue weighted by Crippen LogP contribution is 2.21. The molecule has 0 spiro atoms. The molecule has 5 heteroatoms. The lowest BCUT2D eigenvalue weighted by molar-refractivity contribution is -0.116. The first-order valence-electron chi connectivity index (χ1n) is 8.63. The maximum atomic E-state index is 11.5. The molecule has 0 aliphatic carbocycles. The minimum absolute atomic E-state index is 0.213. The van der Waals surface area contributed by atoms with E-state index in [9.17, 15) is 4.79 Å². The van der Waals surface area contributed by atoms with E-state index in [1.807, 2.05) is 36.4 Å². The van der Waals surface area contributed by atoms with Crippen molar-refractivity contribution >= 4 is 16.9 Å². The molecule has 3 aromatic rings. The summed E-state index contributed by atoms with van der Waals surface area (Å²) in [6.45, 7) is 9.13. The maximum absolute atomic E-state index is 11.5. The molecule has 0 unspecified atom stereocenters. The van der Waals surface area contributed by atoms with Gasteiger partial charge in [-0.3, -0.25) is 4.79 Å². The lowest BCUT2D eigenvalue weighted by Crippen LogP contribution is -2.23. The van der Waals surface area contributed by atoms with Crippen molar-refractivity contribution in [2.75, 3.05) is 6.61 Å². The summed E-state index contributed by atoms with van der Waals surface area (Å²) in [5, 5.41) is 2.79. The molecular weight excluding hydrogens is 326 g/mol. The third-order valence-electron chi connectivity index (χ3n) is 4.47. The van der Waals surface area contributed by atoms with E-state index >= 15 is 0 Å². The van der Waals surface area contributed by atoms with Gasteiger partial charge in [-0.25, -0.2) is 4.98 Å². The monoisotopic (exact) mass is 349 g/mol. The van der Waals surface area contributed by atoms with E-state index in [1.165, 1.54) is 11.6 Å². The number of benzene rings is 2. The van der Waals surface area contributed by atoms with Crippen molar-refractivity contribution in [2.24, 2.45) is 0 Å². The van der Waals surface area contributed by atoms with Crippen molar-refractivity contribution in [3.63, 3.8) is 0 Å². The Hall–Kier alpha value is -3.08. The van der Waals surface area contributed by atoms with E-state index in [1.54, 1.807) is 0 Å². The van der Waals surface area contributed by atoms with E-state index in [0.717, 1.165) is 28.2 Å². The van der Waals surface area contributed by atoms with Crippen molar-refractivity contribution in [1.82, 2.24) is 14.9 Å². The van der Waals surface area contributed by atoms with E-state index < -0.39 is 0 Å². The molecule has 0 bridgehead atoms. The van der Waals surface area contributed by atoms with Gasteiger partial charge in [-0.1, -0.05) is 30.8 Å². The Morgan fingerprint density at radius 2 is 2.04 bits per heavy atom. The summed E-state index contributed by atoms with van der Waals surface area (Å²) in [7, 11) is 0. The highest BCUT2D eigenvalue weighted by atomic mass is 16.5. The van der Waals surface area contributed by atoms with Crippen LogP contribution in [0.1, 0.15) is 17.0 Å². The Kier molecular flexibility index (Phi) is 5.37. The molecular formula is C21H23N3O2. The Morgan fingerprint density at radius 1 is 1.23 bits per heavy atom. The van der Waals surface area contributed by atoms with E-state index in [-0.39, 0.29) is 5.91 Å². The van der Waals surface area contributed by atoms with Crippen LogP contribution < -0.4 is 10.1 Å². The number of hydrogen-bond donors (Lipinski definition) is 1.